The molecule has 10 heteroatoms. The third kappa shape index (κ3) is 7.88. The quantitative estimate of drug-likeness (QED) is 0.328. The van der Waals surface area contributed by atoms with Crippen molar-refractivity contribution in [1.29, 1.82) is 0 Å². The molecule has 1 fully saturated rings. The van der Waals surface area contributed by atoms with Gasteiger partial charge in [-0.3, -0.25) is 4.79 Å². The summed E-state index contributed by atoms with van der Waals surface area (Å²) >= 11 is 0. The standard InChI is InChI=1S/C21H32N4O6/c1-13-23-15(24-31-13)10-11-25(14-8-9-14)18(27)17(29-20(2,3)4)16(22-12-26)19(28)30-21(5,6)7/h14,16-17H,8-11H2,1-7H3/t16-,17?/m0/s1. The van der Waals surface area contributed by atoms with Crippen LogP contribution in [-0.2, 0) is 30.3 Å². The van der Waals surface area contributed by atoms with E-state index < -0.39 is 35.2 Å². The summed E-state index contributed by atoms with van der Waals surface area (Å²) in [5.41, 5.74) is -1.60. The van der Waals surface area contributed by atoms with Crippen molar-refractivity contribution in [3.8, 4) is 0 Å². The van der Waals surface area contributed by atoms with E-state index in [2.05, 4.69) is 15.1 Å². The van der Waals surface area contributed by atoms with E-state index >= 15 is 0 Å². The first-order chi connectivity index (χ1) is 14.3. The van der Waals surface area contributed by atoms with E-state index in [-0.39, 0.29) is 6.04 Å². The molecule has 10 nitrogen and oxygen atoms in total. The molecule has 0 radical (unpaired) electrons. The van der Waals surface area contributed by atoms with Crippen molar-refractivity contribution in [3.63, 3.8) is 0 Å². The lowest BCUT2D eigenvalue weighted by Crippen LogP contribution is -2.53. The van der Waals surface area contributed by atoms with Crippen LogP contribution in [0.25, 0.3) is 0 Å². The van der Waals surface area contributed by atoms with Crippen LogP contribution < -0.4 is 0 Å². The van der Waals surface area contributed by atoms with Gasteiger partial charge >= 0.3 is 5.97 Å². The Labute approximate surface area is 182 Å². The van der Waals surface area contributed by atoms with Gasteiger partial charge in [0.15, 0.2) is 18.0 Å². The smallest absolute Gasteiger partial charge is 0.335 e. The van der Waals surface area contributed by atoms with Crippen LogP contribution in [-0.4, -0.2) is 68.9 Å². The maximum Gasteiger partial charge on any atom is 0.335 e. The Balaban J connectivity index is 2.30. The Morgan fingerprint density at radius 3 is 2.32 bits per heavy atom. The van der Waals surface area contributed by atoms with Gasteiger partial charge in [-0.15, -0.1) is 0 Å². The number of hydrogen-bond donors (Lipinski definition) is 0. The zero-order chi connectivity index (χ0) is 23.4. The first-order valence-electron chi connectivity index (χ1n) is 10.4. The van der Waals surface area contributed by atoms with Crippen molar-refractivity contribution in [3.05, 3.63) is 11.7 Å². The van der Waals surface area contributed by atoms with Gasteiger partial charge in [-0.2, -0.15) is 9.98 Å². The number of carbonyl (C=O) groups excluding carboxylic acids is 3. The van der Waals surface area contributed by atoms with Crippen LogP contribution in [0.15, 0.2) is 9.52 Å². The van der Waals surface area contributed by atoms with Gasteiger partial charge in [-0.1, -0.05) is 5.16 Å². The summed E-state index contributed by atoms with van der Waals surface area (Å²) < 4.78 is 16.3. The summed E-state index contributed by atoms with van der Waals surface area (Å²) in [6.07, 6.45) is 2.13. The highest BCUT2D eigenvalue weighted by molar-refractivity contribution is 5.90. The Morgan fingerprint density at radius 2 is 1.87 bits per heavy atom. The number of carbonyl (C=O) groups is 2. The largest absolute Gasteiger partial charge is 0.458 e. The van der Waals surface area contributed by atoms with Crippen molar-refractivity contribution in [2.45, 2.75) is 97.1 Å². The molecule has 172 valence electrons. The fourth-order valence-corrected chi connectivity index (χ4v) is 2.98. The minimum absolute atomic E-state index is 0.0195. The second-order valence-electron chi connectivity index (χ2n) is 9.59. The zero-order valence-corrected chi connectivity index (χ0v) is 19.3. The van der Waals surface area contributed by atoms with Gasteiger partial charge in [0.05, 0.1) is 5.60 Å². The minimum Gasteiger partial charge on any atom is -0.458 e. The predicted molar refractivity (Wildman–Crippen MR) is 110 cm³/mol. The Kier molecular flexibility index (Phi) is 7.72. The summed E-state index contributed by atoms with van der Waals surface area (Å²) in [4.78, 5) is 46.9. The maximum atomic E-state index is 13.6. The summed E-state index contributed by atoms with van der Waals surface area (Å²) in [5.74, 6) is -0.326. The number of amides is 1. The molecule has 1 aromatic heterocycles. The molecule has 0 saturated heterocycles. The third-order valence-electron chi connectivity index (χ3n) is 4.27. The fraction of sp³-hybridized carbons (Fsp3) is 0.762. The zero-order valence-electron chi connectivity index (χ0n) is 19.3. The number of nitrogens with zero attached hydrogens (tertiary/aromatic N) is 4. The van der Waals surface area contributed by atoms with E-state index in [1.54, 1.807) is 53.4 Å². The van der Waals surface area contributed by atoms with E-state index in [4.69, 9.17) is 14.0 Å². The lowest BCUT2D eigenvalue weighted by Gasteiger charge is -2.34. The van der Waals surface area contributed by atoms with Gasteiger partial charge < -0.3 is 18.9 Å². The lowest BCUT2D eigenvalue weighted by molar-refractivity contribution is -0.172. The van der Waals surface area contributed by atoms with Crippen molar-refractivity contribution in [2.24, 2.45) is 4.99 Å². The maximum absolute atomic E-state index is 13.6. The summed E-state index contributed by atoms with van der Waals surface area (Å²) in [5, 5.41) is 3.86. The van der Waals surface area contributed by atoms with Crippen molar-refractivity contribution < 1.29 is 28.4 Å². The van der Waals surface area contributed by atoms with Crippen LogP contribution in [0.2, 0.25) is 0 Å². The Hall–Kier alpha value is -2.58. The van der Waals surface area contributed by atoms with Crippen LogP contribution in [0.3, 0.4) is 0 Å². The SMILES string of the molecule is Cc1nc(CCN(C(=O)C(OC(C)(C)C)[C@H](N=C=O)C(=O)OC(C)(C)C)C2CC2)no1. The highest BCUT2D eigenvalue weighted by atomic mass is 16.6. The topological polar surface area (TPSA) is 124 Å². The van der Waals surface area contributed by atoms with E-state index in [1.807, 2.05) is 0 Å². The number of isocyanates is 1. The molecule has 0 aromatic carbocycles. The monoisotopic (exact) mass is 436 g/mol. The highest BCUT2D eigenvalue weighted by Gasteiger charge is 2.45. The van der Waals surface area contributed by atoms with Gasteiger partial charge in [0.25, 0.3) is 5.91 Å². The van der Waals surface area contributed by atoms with Gasteiger partial charge in [-0.05, 0) is 54.4 Å². The van der Waals surface area contributed by atoms with E-state index in [9.17, 15) is 14.4 Å². The molecule has 0 spiro atoms. The molecule has 31 heavy (non-hydrogen) atoms. The molecule has 0 aliphatic heterocycles. The average molecular weight is 437 g/mol. The van der Waals surface area contributed by atoms with Crippen LogP contribution in [0.1, 0.15) is 66.1 Å². The summed E-state index contributed by atoms with van der Waals surface area (Å²) in [6, 6.07) is -1.44. The van der Waals surface area contributed by atoms with Crippen LogP contribution in [0.5, 0.6) is 0 Å². The molecular weight excluding hydrogens is 404 g/mol. The van der Waals surface area contributed by atoms with Crippen molar-refractivity contribution in [1.82, 2.24) is 15.0 Å². The number of esters is 1. The van der Waals surface area contributed by atoms with E-state index in [0.29, 0.717) is 24.7 Å². The van der Waals surface area contributed by atoms with Gasteiger partial charge in [0.1, 0.15) is 5.60 Å². The molecule has 1 aliphatic rings. The molecule has 1 aromatic rings. The number of aryl methyl sites for hydroxylation is 1. The molecule has 1 amide bonds. The molecule has 2 rings (SSSR count). The average Bonchev–Trinajstić information content (AvgIpc) is 3.37. The van der Waals surface area contributed by atoms with Gasteiger partial charge in [0.2, 0.25) is 12.0 Å². The molecule has 1 aliphatic carbocycles. The number of ether oxygens (including phenoxy) is 2. The van der Waals surface area contributed by atoms with E-state index in [0.717, 1.165) is 12.8 Å². The van der Waals surface area contributed by atoms with Crippen LogP contribution >= 0.6 is 0 Å². The molecule has 1 heterocycles. The molecule has 2 atom stereocenters. The van der Waals surface area contributed by atoms with Crippen LogP contribution in [0, 0.1) is 6.92 Å². The molecule has 1 unspecified atom stereocenters. The van der Waals surface area contributed by atoms with E-state index in [1.165, 1.54) is 6.08 Å². The predicted octanol–water partition coefficient (Wildman–Crippen LogP) is 2.14. The number of rotatable bonds is 9. The summed E-state index contributed by atoms with van der Waals surface area (Å²) in [6.45, 7) is 12.4. The third-order valence-corrected chi connectivity index (χ3v) is 4.27. The lowest BCUT2D eigenvalue weighted by atomic mass is 10.1. The molecular formula is C21H32N4O6. The van der Waals surface area contributed by atoms with Crippen molar-refractivity contribution >= 4 is 18.0 Å². The minimum atomic E-state index is -1.46. The van der Waals surface area contributed by atoms with Gasteiger partial charge in [0, 0.05) is 25.9 Å². The fourth-order valence-electron chi connectivity index (χ4n) is 2.98. The van der Waals surface area contributed by atoms with Crippen LogP contribution in [0.4, 0.5) is 0 Å². The Morgan fingerprint density at radius 1 is 1.23 bits per heavy atom. The molecule has 0 N–H and O–H groups in total. The number of hydrogen-bond acceptors (Lipinski definition) is 9. The summed E-state index contributed by atoms with van der Waals surface area (Å²) in [7, 11) is 0. The highest BCUT2D eigenvalue weighted by Crippen LogP contribution is 2.30. The number of aliphatic imine (C=N–C) groups is 1. The first kappa shape index (κ1) is 24.7. The van der Waals surface area contributed by atoms with Gasteiger partial charge in [-0.25, -0.2) is 9.59 Å². The number of aromatic nitrogens is 2. The second-order valence-corrected chi connectivity index (χ2v) is 9.59. The Bertz CT molecular complexity index is 828. The first-order valence-corrected chi connectivity index (χ1v) is 10.4. The molecule has 1 saturated carbocycles. The normalized spacial score (nSPS) is 16.2. The second kappa shape index (κ2) is 9.70. The molecule has 0 bridgehead atoms. The van der Waals surface area contributed by atoms with Crippen molar-refractivity contribution in [2.75, 3.05) is 6.54 Å².